The smallest absolute Gasteiger partial charge is 0.416 e. The highest BCUT2D eigenvalue weighted by Crippen LogP contribution is 2.31. The number of pyridine rings is 1. The zero-order valence-electron chi connectivity index (χ0n) is 9.92. The van der Waals surface area contributed by atoms with Gasteiger partial charge in [-0.05, 0) is 30.3 Å². The van der Waals surface area contributed by atoms with Crippen LogP contribution >= 0.6 is 23.2 Å². The third-order valence-corrected chi connectivity index (χ3v) is 3.02. The van der Waals surface area contributed by atoms with Gasteiger partial charge in [0.15, 0.2) is 0 Å². The third kappa shape index (κ3) is 3.55. The van der Waals surface area contributed by atoms with E-state index in [1.807, 2.05) is 0 Å². The average Bonchev–Trinajstić information content (AvgIpc) is 2.40. The van der Waals surface area contributed by atoms with E-state index in [-0.39, 0.29) is 17.5 Å². The number of halogens is 5. The van der Waals surface area contributed by atoms with Crippen LogP contribution in [0.25, 0.3) is 0 Å². The first kappa shape index (κ1) is 14.9. The van der Waals surface area contributed by atoms with E-state index in [0.29, 0.717) is 10.7 Å². The van der Waals surface area contributed by atoms with Gasteiger partial charge in [0, 0.05) is 6.07 Å². The van der Waals surface area contributed by atoms with Gasteiger partial charge in [-0.25, -0.2) is 4.98 Å². The second-order valence-corrected chi connectivity index (χ2v) is 4.51. The number of rotatable bonds is 3. The molecule has 106 valence electrons. The van der Waals surface area contributed by atoms with E-state index in [1.54, 1.807) is 6.07 Å². The van der Waals surface area contributed by atoms with Gasteiger partial charge in [-0.3, -0.25) is 0 Å². The molecule has 0 N–H and O–H groups in total. The van der Waals surface area contributed by atoms with Gasteiger partial charge in [-0.2, -0.15) is 13.2 Å². The summed E-state index contributed by atoms with van der Waals surface area (Å²) < 4.78 is 42.6. The van der Waals surface area contributed by atoms with Crippen LogP contribution in [0.5, 0.6) is 11.6 Å². The fraction of sp³-hybridized carbons (Fsp3) is 0.154. The number of alkyl halides is 4. The molecule has 0 radical (unpaired) electrons. The Kier molecular flexibility index (Phi) is 4.40. The van der Waals surface area contributed by atoms with E-state index in [9.17, 15) is 13.2 Å². The molecule has 0 spiro atoms. The minimum Gasteiger partial charge on any atom is -0.439 e. The molecule has 7 heteroatoms. The van der Waals surface area contributed by atoms with Gasteiger partial charge in [-0.15, -0.1) is 11.6 Å². The molecule has 0 saturated heterocycles. The first-order valence-electron chi connectivity index (χ1n) is 5.46. The maximum atomic E-state index is 12.4. The molecule has 0 unspecified atom stereocenters. The van der Waals surface area contributed by atoms with E-state index in [1.165, 1.54) is 18.2 Å². The van der Waals surface area contributed by atoms with Crippen LogP contribution in [-0.2, 0) is 12.1 Å². The Labute approximate surface area is 123 Å². The molecule has 2 nitrogen and oxygen atoms in total. The molecule has 0 saturated carbocycles. The molecule has 1 heterocycles. The molecule has 20 heavy (non-hydrogen) atoms. The summed E-state index contributed by atoms with van der Waals surface area (Å²) in [6.07, 6.45) is -4.37. The normalized spacial score (nSPS) is 11.4. The number of hydrogen-bond donors (Lipinski definition) is 0. The van der Waals surface area contributed by atoms with Crippen LogP contribution in [0.4, 0.5) is 13.2 Å². The Hall–Kier alpha value is -1.46. The van der Waals surface area contributed by atoms with Crippen molar-refractivity contribution in [2.45, 2.75) is 12.1 Å². The SMILES string of the molecule is FC(F)(F)c1ccc(Oc2ccc(Cl)c(CCl)n2)cc1. The second kappa shape index (κ2) is 5.89. The standard InChI is InChI=1S/C13H8Cl2F3NO/c14-7-11-10(15)5-6-12(19-11)20-9-3-1-8(2-4-9)13(16,17)18/h1-6H,7H2. The van der Waals surface area contributed by atoms with Crippen LogP contribution in [0.2, 0.25) is 5.02 Å². The second-order valence-electron chi connectivity index (χ2n) is 3.84. The lowest BCUT2D eigenvalue weighted by atomic mass is 10.2. The molecule has 0 atom stereocenters. The van der Waals surface area contributed by atoms with Crippen molar-refractivity contribution < 1.29 is 17.9 Å². The summed E-state index contributed by atoms with van der Waals surface area (Å²) >= 11 is 11.5. The molecular formula is C13H8Cl2F3NO. The summed E-state index contributed by atoms with van der Waals surface area (Å²) in [5.41, 5.74) is -0.298. The predicted molar refractivity (Wildman–Crippen MR) is 70.3 cm³/mol. The monoisotopic (exact) mass is 321 g/mol. The van der Waals surface area contributed by atoms with Crippen LogP contribution in [0.15, 0.2) is 36.4 Å². The maximum Gasteiger partial charge on any atom is 0.416 e. The highest BCUT2D eigenvalue weighted by molar-refractivity contribution is 6.32. The molecule has 2 rings (SSSR count). The lowest BCUT2D eigenvalue weighted by Crippen LogP contribution is -2.04. The lowest BCUT2D eigenvalue weighted by Gasteiger charge is -2.09. The van der Waals surface area contributed by atoms with Crippen molar-refractivity contribution in [2.75, 3.05) is 0 Å². The maximum absolute atomic E-state index is 12.4. The van der Waals surface area contributed by atoms with Crippen molar-refractivity contribution in [3.63, 3.8) is 0 Å². The minimum atomic E-state index is -4.37. The minimum absolute atomic E-state index is 0.114. The summed E-state index contributed by atoms with van der Waals surface area (Å²) in [5, 5.41) is 0.403. The van der Waals surface area contributed by atoms with Crippen molar-refractivity contribution in [1.29, 1.82) is 0 Å². The van der Waals surface area contributed by atoms with Crippen LogP contribution in [0.1, 0.15) is 11.3 Å². The van der Waals surface area contributed by atoms with Gasteiger partial charge in [-0.1, -0.05) is 11.6 Å². The number of benzene rings is 1. The highest BCUT2D eigenvalue weighted by Gasteiger charge is 2.30. The van der Waals surface area contributed by atoms with E-state index in [0.717, 1.165) is 12.1 Å². The fourth-order valence-electron chi connectivity index (χ4n) is 1.45. The number of nitrogens with zero attached hydrogens (tertiary/aromatic N) is 1. The highest BCUT2D eigenvalue weighted by atomic mass is 35.5. The van der Waals surface area contributed by atoms with Gasteiger partial charge in [0.05, 0.1) is 22.2 Å². The number of ether oxygens (including phenoxy) is 1. The Morgan fingerprint density at radius 2 is 1.70 bits per heavy atom. The quantitative estimate of drug-likeness (QED) is 0.717. The largest absolute Gasteiger partial charge is 0.439 e. The molecule has 2 aromatic rings. The first-order valence-corrected chi connectivity index (χ1v) is 6.38. The molecule has 1 aromatic carbocycles. The summed E-state index contributed by atoms with van der Waals surface area (Å²) in [7, 11) is 0. The van der Waals surface area contributed by atoms with Crippen molar-refractivity contribution in [1.82, 2.24) is 4.98 Å². The Bertz CT molecular complexity index is 600. The third-order valence-electron chi connectivity index (χ3n) is 2.42. The molecular weight excluding hydrogens is 314 g/mol. The van der Waals surface area contributed by atoms with Crippen LogP contribution in [0, 0.1) is 0 Å². The zero-order valence-corrected chi connectivity index (χ0v) is 11.4. The van der Waals surface area contributed by atoms with Crippen molar-refractivity contribution in [2.24, 2.45) is 0 Å². The number of hydrogen-bond acceptors (Lipinski definition) is 2. The van der Waals surface area contributed by atoms with E-state index < -0.39 is 11.7 Å². The Morgan fingerprint density at radius 3 is 2.25 bits per heavy atom. The van der Waals surface area contributed by atoms with Gasteiger partial charge < -0.3 is 4.74 Å². The molecule has 0 bridgehead atoms. The molecule has 0 amide bonds. The van der Waals surface area contributed by atoms with Gasteiger partial charge in [0.25, 0.3) is 0 Å². The summed E-state index contributed by atoms with van der Waals surface area (Å²) in [5.74, 6) is 0.571. The average molecular weight is 322 g/mol. The van der Waals surface area contributed by atoms with Crippen molar-refractivity contribution in [3.05, 3.63) is 52.7 Å². The zero-order chi connectivity index (χ0) is 14.8. The van der Waals surface area contributed by atoms with Crippen LogP contribution in [-0.4, -0.2) is 4.98 Å². The van der Waals surface area contributed by atoms with Gasteiger partial charge in [0.1, 0.15) is 5.75 Å². The van der Waals surface area contributed by atoms with E-state index >= 15 is 0 Å². The first-order chi connectivity index (χ1) is 9.40. The van der Waals surface area contributed by atoms with Crippen molar-refractivity contribution in [3.8, 4) is 11.6 Å². The molecule has 0 aliphatic heterocycles. The fourth-order valence-corrected chi connectivity index (χ4v) is 1.89. The molecule has 0 aliphatic rings. The summed E-state index contributed by atoms with van der Waals surface area (Å²) in [4.78, 5) is 4.05. The van der Waals surface area contributed by atoms with Crippen molar-refractivity contribution >= 4 is 23.2 Å². The predicted octanol–water partition coefficient (Wildman–Crippen LogP) is 5.28. The van der Waals surface area contributed by atoms with Crippen LogP contribution in [0.3, 0.4) is 0 Å². The Morgan fingerprint density at radius 1 is 1.05 bits per heavy atom. The summed E-state index contributed by atoms with van der Waals surface area (Å²) in [6.45, 7) is 0. The van der Waals surface area contributed by atoms with Crippen LogP contribution < -0.4 is 4.74 Å². The summed E-state index contributed by atoms with van der Waals surface area (Å²) in [6, 6.07) is 7.39. The molecule has 1 aromatic heterocycles. The van der Waals surface area contributed by atoms with Gasteiger partial charge in [0.2, 0.25) is 5.88 Å². The van der Waals surface area contributed by atoms with E-state index in [2.05, 4.69) is 4.98 Å². The molecule has 0 fully saturated rings. The Balaban J connectivity index is 2.18. The molecule has 0 aliphatic carbocycles. The number of aromatic nitrogens is 1. The lowest BCUT2D eigenvalue weighted by molar-refractivity contribution is -0.137. The topological polar surface area (TPSA) is 22.1 Å². The van der Waals surface area contributed by atoms with E-state index in [4.69, 9.17) is 27.9 Å². The van der Waals surface area contributed by atoms with Gasteiger partial charge >= 0.3 is 6.18 Å².